The van der Waals surface area contributed by atoms with Crippen LogP contribution >= 0.6 is 100 Å². The molecule has 2 aliphatic heterocycles. The van der Waals surface area contributed by atoms with Crippen LogP contribution in [0.4, 0.5) is 19.6 Å². The Hall–Kier alpha value is -3.62. The summed E-state index contributed by atoms with van der Waals surface area (Å²) in [5, 5.41) is 5.89. The van der Waals surface area contributed by atoms with E-state index in [0.29, 0.717) is 12.3 Å². The van der Waals surface area contributed by atoms with Crippen LogP contribution < -0.4 is 11.1 Å². The summed E-state index contributed by atoms with van der Waals surface area (Å²) < 4.78 is 15.6. The van der Waals surface area contributed by atoms with E-state index in [0.717, 1.165) is 82.3 Å². The monoisotopic (exact) mass is 1170 g/mol. The van der Waals surface area contributed by atoms with Crippen molar-refractivity contribution in [3.63, 3.8) is 0 Å². The SMILES string of the molecule is C=CC(=O)Nc1sc2c(c1-c1nc3ccc(Br)cc3s1)CC(C)N(C(=O)OC(C)(C)C)C2C.CC1Cc2c(sc(N)c2-c2nc3ccc(Br)cc3s2)C(C)N1C(=O)OC(C)(C)C.O=C(Cl)CCCl. The van der Waals surface area contributed by atoms with Crippen LogP contribution in [-0.2, 0) is 31.9 Å². The van der Waals surface area contributed by atoms with Crippen molar-refractivity contribution in [2.45, 2.75) is 124 Å². The Labute approximate surface area is 439 Å². The van der Waals surface area contributed by atoms with Gasteiger partial charge in [-0.15, -0.1) is 56.9 Å². The number of anilines is 2. The number of aromatic nitrogens is 2. The highest BCUT2D eigenvalue weighted by Crippen LogP contribution is 2.51. The number of carbonyl (C=O) groups is 4. The van der Waals surface area contributed by atoms with Crippen LogP contribution in [0.25, 0.3) is 41.6 Å². The molecule has 2 aromatic carbocycles. The molecule has 0 saturated carbocycles. The van der Waals surface area contributed by atoms with Gasteiger partial charge < -0.3 is 20.5 Å². The molecule has 0 saturated heterocycles. The van der Waals surface area contributed by atoms with Crippen LogP contribution in [0.1, 0.15) is 109 Å². The number of nitrogens with one attached hydrogen (secondary N) is 1. The first kappa shape index (κ1) is 53.7. The summed E-state index contributed by atoms with van der Waals surface area (Å²) in [4.78, 5) is 63.3. The van der Waals surface area contributed by atoms with E-state index in [1.807, 2.05) is 97.5 Å². The molecule has 6 aromatic rings. The van der Waals surface area contributed by atoms with Gasteiger partial charge in [0.05, 0.1) is 37.5 Å². The van der Waals surface area contributed by atoms with E-state index in [9.17, 15) is 19.2 Å². The fourth-order valence-corrected chi connectivity index (χ4v) is 14.1. The van der Waals surface area contributed by atoms with Gasteiger partial charge in [-0.05, 0) is 147 Å². The third-order valence-electron chi connectivity index (χ3n) is 10.7. The number of alkyl halides is 1. The number of hydrogen-bond acceptors (Lipinski definition) is 13. The second-order valence-electron chi connectivity index (χ2n) is 18.3. The molecule has 4 unspecified atom stereocenters. The summed E-state index contributed by atoms with van der Waals surface area (Å²) >= 11 is 23.3. The minimum atomic E-state index is -0.574. The van der Waals surface area contributed by atoms with E-state index in [4.69, 9.17) is 48.4 Å². The number of ether oxygens (including phenoxy) is 2. The number of hydrogen-bond donors (Lipinski definition) is 2. The van der Waals surface area contributed by atoms with Crippen LogP contribution in [0.15, 0.2) is 58.0 Å². The first-order valence-corrected chi connectivity index (χ1v) is 27.5. The molecule has 0 aliphatic carbocycles. The van der Waals surface area contributed by atoms with Crippen molar-refractivity contribution < 1.29 is 28.7 Å². The molecule has 0 bridgehead atoms. The predicted octanol–water partition coefficient (Wildman–Crippen LogP) is 15.1. The summed E-state index contributed by atoms with van der Waals surface area (Å²) in [6.45, 7) is 23.0. The van der Waals surface area contributed by atoms with Crippen LogP contribution in [0.5, 0.6) is 0 Å². The van der Waals surface area contributed by atoms with E-state index >= 15 is 0 Å². The third kappa shape index (κ3) is 12.5. The molecule has 20 heteroatoms. The zero-order valence-electron chi connectivity index (χ0n) is 39.3. The summed E-state index contributed by atoms with van der Waals surface area (Å²) in [5.41, 5.74) is 11.6. The molecule has 0 fully saturated rings. The maximum absolute atomic E-state index is 13.0. The molecule has 12 nitrogen and oxygen atoms in total. The molecule has 2 aliphatic rings. The molecule has 68 heavy (non-hydrogen) atoms. The quantitative estimate of drug-likeness (QED) is 0.0941. The lowest BCUT2D eigenvalue weighted by Gasteiger charge is -2.39. The minimum Gasteiger partial charge on any atom is -0.444 e. The van der Waals surface area contributed by atoms with Crippen molar-refractivity contribution in [3.05, 3.63) is 78.9 Å². The summed E-state index contributed by atoms with van der Waals surface area (Å²) in [7, 11) is 0. The Balaban J connectivity index is 0.000000201. The van der Waals surface area contributed by atoms with Gasteiger partial charge in [-0.1, -0.05) is 38.4 Å². The van der Waals surface area contributed by atoms with Crippen LogP contribution in [0.2, 0.25) is 0 Å². The molecular weight excluding hydrogens is 1120 g/mol. The number of carbonyl (C=O) groups excluding carboxylic acids is 4. The van der Waals surface area contributed by atoms with E-state index in [-0.39, 0.29) is 53.9 Å². The number of halogens is 4. The fourth-order valence-electron chi connectivity index (χ4n) is 7.97. The van der Waals surface area contributed by atoms with E-state index in [2.05, 4.69) is 56.7 Å². The van der Waals surface area contributed by atoms with Gasteiger partial charge in [0.1, 0.15) is 26.2 Å². The number of nitrogen functional groups attached to an aromatic ring is 1. The molecule has 0 radical (unpaired) electrons. The first-order valence-electron chi connectivity index (χ1n) is 21.7. The van der Waals surface area contributed by atoms with Crippen molar-refractivity contribution >= 4 is 154 Å². The molecule has 4 atom stereocenters. The van der Waals surface area contributed by atoms with Crippen LogP contribution in [0, 0.1) is 0 Å². The zero-order chi connectivity index (χ0) is 50.2. The second kappa shape index (κ2) is 21.8. The molecule has 3 N–H and O–H groups in total. The fraction of sp³-hybridized carbons (Fsp3) is 0.417. The number of thiazole rings is 2. The first-order chi connectivity index (χ1) is 31.8. The van der Waals surface area contributed by atoms with Gasteiger partial charge in [0.2, 0.25) is 11.1 Å². The molecule has 6 heterocycles. The number of nitrogens with zero attached hydrogens (tertiary/aromatic N) is 4. The normalized spacial score (nSPS) is 17.9. The highest BCUT2D eigenvalue weighted by molar-refractivity contribution is 9.10. The van der Waals surface area contributed by atoms with Crippen LogP contribution in [-0.4, -0.2) is 72.3 Å². The van der Waals surface area contributed by atoms with Crippen molar-refractivity contribution in [1.82, 2.24) is 19.8 Å². The minimum absolute atomic E-state index is 0.0172. The van der Waals surface area contributed by atoms with Crippen molar-refractivity contribution in [2.75, 3.05) is 16.9 Å². The van der Waals surface area contributed by atoms with Gasteiger partial charge in [0.15, 0.2) is 0 Å². The average Bonchev–Trinajstić information content (AvgIpc) is 3.99. The van der Waals surface area contributed by atoms with Crippen molar-refractivity contribution in [2.24, 2.45) is 0 Å². The Kier molecular flexibility index (Phi) is 17.2. The highest BCUT2D eigenvalue weighted by Gasteiger charge is 2.41. The second-order valence-corrected chi connectivity index (χ2v) is 25.1. The van der Waals surface area contributed by atoms with Gasteiger partial charge in [-0.2, -0.15) is 0 Å². The lowest BCUT2D eigenvalue weighted by molar-refractivity contribution is -0.112. The van der Waals surface area contributed by atoms with E-state index in [1.54, 1.807) is 38.9 Å². The smallest absolute Gasteiger partial charge is 0.411 e. The number of amides is 3. The standard InChI is InChI=1S/C24H26BrN3O3S2.C21H24BrN3O2S2.C3H4Cl2O/c1-7-18(29)27-22-19(21-26-16-9-8-14(25)11-17(16)32-21)15-10-12(2)28(13(3)20(15)33-22)23(30)31-24(4,5)6;1-10-8-13-16(19-24-14-7-6-12(22)9-15(14)28-19)18(23)29-17(13)11(2)25(10)20(26)27-21(3,4)5;4-2-1-3(5)6/h7-9,11-13H,1,10H2,2-6H3,(H,27,29);6-7,9-11H,8,23H2,1-5H3;1-2H2. The Morgan fingerprint density at radius 2 is 1.22 bits per heavy atom. The Bertz CT molecular complexity index is 2880. The molecule has 4 aromatic heterocycles. The van der Waals surface area contributed by atoms with Crippen molar-refractivity contribution in [3.8, 4) is 21.1 Å². The van der Waals surface area contributed by atoms with E-state index in [1.165, 1.54) is 23.0 Å². The van der Waals surface area contributed by atoms with Gasteiger partial charge >= 0.3 is 12.2 Å². The van der Waals surface area contributed by atoms with Crippen LogP contribution in [0.3, 0.4) is 0 Å². The molecular formula is C48H54Br2Cl2N6O6S4. The molecule has 0 spiro atoms. The van der Waals surface area contributed by atoms with Gasteiger partial charge in [0, 0.05) is 54.2 Å². The van der Waals surface area contributed by atoms with E-state index < -0.39 is 11.2 Å². The van der Waals surface area contributed by atoms with Gasteiger partial charge in [0.25, 0.3) is 0 Å². The number of thiophene rings is 2. The number of fused-ring (bicyclic) bond motifs is 4. The molecule has 8 rings (SSSR count). The predicted molar refractivity (Wildman–Crippen MR) is 290 cm³/mol. The molecule has 364 valence electrons. The summed E-state index contributed by atoms with van der Waals surface area (Å²) in [6.07, 6.45) is 2.31. The summed E-state index contributed by atoms with van der Waals surface area (Å²) in [5.74, 6) is 0.0471. The Morgan fingerprint density at radius 3 is 1.63 bits per heavy atom. The zero-order valence-corrected chi connectivity index (χ0v) is 47.3. The maximum atomic E-state index is 13.0. The van der Waals surface area contributed by atoms with Gasteiger partial charge in [-0.3, -0.25) is 19.4 Å². The van der Waals surface area contributed by atoms with Crippen molar-refractivity contribution in [1.29, 1.82) is 0 Å². The maximum Gasteiger partial charge on any atom is 0.411 e. The largest absolute Gasteiger partial charge is 0.444 e. The average molecular weight is 1170 g/mol. The summed E-state index contributed by atoms with van der Waals surface area (Å²) in [6, 6.07) is 11.8. The third-order valence-corrected chi connectivity index (χ3v) is 16.7. The topological polar surface area (TPSA) is 157 Å². The van der Waals surface area contributed by atoms with Gasteiger partial charge in [-0.25, -0.2) is 19.6 Å². The number of nitrogens with two attached hydrogens (primary N) is 1. The Morgan fingerprint density at radius 1 is 0.779 bits per heavy atom. The highest BCUT2D eigenvalue weighted by atomic mass is 79.9. The lowest BCUT2D eigenvalue weighted by Crippen LogP contribution is -2.46. The number of benzene rings is 2. The number of rotatable bonds is 6. The lowest BCUT2D eigenvalue weighted by atomic mass is 9.93. The molecule has 3 amide bonds.